The van der Waals surface area contributed by atoms with E-state index in [1.165, 1.54) is 23.5 Å². The van der Waals surface area contributed by atoms with Crippen molar-refractivity contribution in [2.75, 3.05) is 13.7 Å². The minimum absolute atomic E-state index is 0.00611. The van der Waals surface area contributed by atoms with Crippen molar-refractivity contribution in [3.63, 3.8) is 0 Å². The molecule has 29 heavy (non-hydrogen) atoms. The first-order valence-corrected chi connectivity index (χ1v) is 9.73. The summed E-state index contributed by atoms with van der Waals surface area (Å²) in [6.07, 6.45) is 0. The Morgan fingerprint density at radius 2 is 1.97 bits per heavy atom. The number of methoxy groups -OCH3 is 1. The summed E-state index contributed by atoms with van der Waals surface area (Å²) in [5.41, 5.74) is 1.17. The lowest BCUT2D eigenvalue weighted by Gasteiger charge is -2.05. The van der Waals surface area contributed by atoms with Gasteiger partial charge in [-0.2, -0.15) is 4.99 Å². The van der Waals surface area contributed by atoms with Crippen molar-refractivity contribution < 1.29 is 14.5 Å². The highest BCUT2D eigenvalue weighted by Gasteiger charge is 2.14. The van der Waals surface area contributed by atoms with E-state index >= 15 is 0 Å². The van der Waals surface area contributed by atoms with Crippen LogP contribution in [-0.2, 0) is 11.3 Å². The van der Waals surface area contributed by atoms with E-state index in [9.17, 15) is 14.9 Å². The van der Waals surface area contributed by atoms with Crippen LogP contribution in [0.5, 0.6) is 0 Å². The zero-order valence-electron chi connectivity index (χ0n) is 15.6. The number of thiazole rings is 1. The number of hydrogen-bond donors (Lipinski definition) is 0. The number of nitro benzene ring substituents is 1. The fourth-order valence-electron chi connectivity index (χ4n) is 3.21. The summed E-state index contributed by atoms with van der Waals surface area (Å²) < 4.78 is 7.77. The molecular weight excluding hydrogens is 390 g/mol. The molecule has 3 aromatic carbocycles. The van der Waals surface area contributed by atoms with E-state index in [-0.39, 0.29) is 11.6 Å². The maximum absolute atomic E-state index is 13.0. The summed E-state index contributed by atoms with van der Waals surface area (Å²) in [5.74, 6) is -0.353. The molecule has 7 nitrogen and oxygen atoms in total. The minimum Gasteiger partial charge on any atom is -0.383 e. The van der Waals surface area contributed by atoms with Crippen molar-refractivity contribution in [2.24, 2.45) is 4.99 Å². The van der Waals surface area contributed by atoms with Gasteiger partial charge in [-0.3, -0.25) is 14.9 Å². The number of rotatable bonds is 5. The number of nitrogens with zero attached hydrogens (tertiary/aromatic N) is 3. The fourth-order valence-corrected chi connectivity index (χ4v) is 4.25. The number of hydrogen-bond acceptors (Lipinski definition) is 5. The van der Waals surface area contributed by atoms with Gasteiger partial charge in [0.1, 0.15) is 0 Å². The van der Waals surface area contributed by atoms with Gasteiger partial charge in [0.05, 0.1) is 21.7 Å². The van der Waals surface area contributed by atoms with Crippen LogP contribution in [-0.4, -0.2) is 29.1 Å². The molecular formula is C21H17N3O4S. The molecule has 1 heterocycles. The molecule has 4 rings (SSSR count). The topological polar surface area (TPSA) is 86.7 Å². The molecule has 0 saturated carbocycles. The number of non-ortho nitro benzene ring substituents is 1. The second-order valence-electron chi connectivity index (χ2n) is 6.38. The zero-order valence-corrected chi connectivity index (χ0v) is 16.4. The van der Waals surface area contributed by atoms with E-state index in [0.29, 0.717) is 29.0 Å². The van der Waals surface area contributed by atoms with Gasteiger partial charge in [-0.15, -0.1) is 0 Å². The SMILES string of the molecule is COCCn1c(=NC(=O)c2cccc3ccccc23)sc2ccc([N+](=O)[O-])cc21. The molecule has 1 aromatic heterocycles. The van der Waals surface area contributed by atoms with Gasteiger partial charge >= 0.3 is 0 Å². The predicted molar refractivity (Wildman–Crippen MR) is 112 cm³/mol. The molecule has 0 aliphatic rings. The Kier molecular flexibility index (Phi) is 5.20. The van der Waals surface area contributed by atoms with Crippen molar-refractivity contribution in [2.45, 2.75) is 6.54 Å². The van der Waals surface area contributed by atoms with Gasteiger partial charge in [-0.1, -0.05) is 47.7 Å². The average molecular weight is 407 g/mol. The Hall–Kier alpha value is -3.36. The predicted octanol–water partition coefficient (Wildman–Crippen LogP) is 4.15. The van der Waals surface area contributed by atoms with E-state index in [1.54, 1.807) is 23.8 Å². The standard InChI is InChI=1S/C21H17N3O4S/c1-28-12-11-23-18-13-15(24(26)27)9-10-19(18)29-21(23)22-20(25)17-8-4-6-14-5-2-3-7-16(14)17/h2-10,13H,11-12H2,1H3. The molecule has 0 atom stereocenters. The molecule has 4 aromatic rings. The molecule has 0 aliphatic carbocycles. The first-order chi connectivity index (χ1) is 14.1. The van der Waals surface area contributed by atoms with Crippen molar-refractivity contribution in [3.8, 4) is 0 Å². The fraction of sp³-hybridized carbons (Fsp3) is 0.143. The second-order valence-corrected chi connectivity index (χ2v) is 7.39. The number of carbonyl (C=O) groups excluding carboxylic acids is 1. The molecule has 0 bridgehead atoms. The van der Waals surface area contributed by atoms with E-state index in [4.69, 9.17) is 4.74 Å². The molecule has 0 spiro atoms. The van der Waals surface area contributed by atoms with Crippen LogP contribution in [0.15, 0.2) is 65.7 Å². The van der Waals surface area contributed by atoms with Crippen LogP contribution in [0.25, 0.3) is 21.0 Å². The number of ether oxygens (including phenoxy) is 1. The van der Waals surface area contributed by atoms with Crippen LogP contribution in [0, 0.1) is 10.1 Å². The van der Waals surface area contributed by atoms with E-state index in [0.717, 1.165) is 15.5 Å². The molecule has 1 amide bonds. The van der Waals surface area contributed by atoms with Gasteiger partial charge in [0.2, 0.25) is 0 Å². The van der Waals surface area contributed by atoms with E-state index in [2.05, 4.69) is 4.99 Å². The van der Waals surface area contributed by atoms with Crippen LogP contribution >= 0.6 is 11.3 Å². The van der Waals surface area contributed by atoms with E-state index < -0.39 is 4.92 Å². The molecule has 0 N–H and O–H groups in total. The number of amides is 1. The molecule has 0 radical (unpaired) electrons. The lowest BCUT2D eigenvalue weighted by Crippen LogP contribution is -2.19. The first kappa shape index (κ1) is 19.0. The Morgan fingerprint density at radius 3 is 2.76 bits per heavy atom. The molecule has 0 unspecified atom stereocenters. The number of aromatic nitrogens is 1. The summed E-state index contributed by atoms with van der Waals surface area (Å²) in [7, 11) is 1.58. The van der Waals surface area contributed by atoms with Gasteiger partial charge in [0.25, 0.3) is 11.6 Å². The number of fused-ring (bicyclic) bond motifs is 2. The number of carbonyl (C=O) groups is 1. The van der Waals surface area contributed by atoms with Crippen molar-refractivity contribution in [1.29, 1.82) is 0 Å². The maximum atomic E-state index is 13.0. The Balaban J connectivity index is 1.88. The summed E-state index contributed by atoms with van der Waals surface area (Å²) in [6.45, 7) is 0.823. The third-order valence-corrected chi connectivity index (χ3v) is 5.67. The smallest absolute Gasteiger partial charge is 0.280 e. The molecule has 146 valence electrons. The van der Waals surface area contributed by atoms with Crippen molar-refractivity contribution in [3.05, 3.63) is 81.1 Å². The Bertz CT molecular complexity index is 1300. The largest absolute Gasteiger partial charge is 0.383 e. The van der Waals surface area contributed by atoms with Crippen LogP contribution in [0.4, 0.5) is 5.69 Å². The second kappa shape index (κ2) is 7.94. The van der Waals surface area contributed by atoms with Crippen molar-refractivity contribution >= 4 is 43.9 Å². The Labute approximate surface area is 169 Å². The van der Waals surface area contributed by atoms with Gasteiger partial charge in [-0.25, -0.2) is 0 Å². The maximum Gasteiger partial charge on any atom is 0.280 e. The summed E-state index contributed by atoms with van der Waals surface area (Å²) in [6, 6.07) is 17.8. The highest BCUT2D eigenvalue weighted by molar-refractivity contribution is 7.16. The average Bonchev–Trinajstić information content (AvgIpc) is 3.07. The van der Waals surface area contributed by atoms with Crippen molar-refractivity contribution in [1.82, 2.24) is 4.57 Å². The number of benzene rings is 3. The quantitative estimate of drug-likeness (QED) is 0.367. The zero-order chi connectivity index (χ0) is 20.4. The highest BCUT2D eigenvalue weighted by Crippen LogP contribution is 2.24. The van der Waals surface area contributed by atoms with E-state index in [1.807, 2.05) is 36.4 Å². The minimum atomic E-state index is -0.435. The first-order valence-electron chi connectivity index (χ1n) is 8.92. The lowest BCUT2D eigenvalue weighted by molar-refractivity contribution is -0.384. The highest BCUT2D eigenvalue weighted by atomic mass is 32.1. The van der Waals surface area contributed by atoms with Gasteiger partial charge in [0, 0.05) is 31.4 Å². The summed E-state index contributed by atoms with van der Waals surface area (Å²) in [4.78, 5) is 28.6. The van der Waals surface area contributed by atoms with Gasteiger partial charge in [0.15, 0.2) is 4.80 Å². The summed E-state index contributed by atoms with van der Waals surface area (Å²) >= 11 is 1.32. The normalized spacial score (nSPS) is 12.0. The third kappa shape index (κ3) is 3.67. The molecule has 0 saturated heterocycles. The molecule has 0 fully saturated rings. The van der Waals surface area contributed by atoms with Gasteiger partial charge < -0.3 is 9.30 Å². The lowest BCUT2D eigenvalue weighted by atomic mass is 10.0. The monoisotopic (exact) mass is 407 g/mol. The van der Waals surface area contributed by atoms with Crippen LogP contribution in [0.2, 0.25) is 0 Å². The van der Waals surface area contributed by atoms with Crippen LogP contribution < -0.4 is 4.80 Å². The van der Waals surface area contributed by atoms with Crippen LogP contribution in [0.1, 0.15) is 10.4 Å². The third-order valence-electron chi connectivity index (χ3n) is 4.61. The molecule has 8 heteroatoms. The summed E-state index contributed by atoms with van der Waals surface area (Å²) in [5, 5.41) is 13.0. The Morgan fingerprint density at radius 1 is 1.17 bits per heavy atom. The van der Waals surface area contributed by atoms with Gasteiger partial charge in [-0.05, 0) is 22.9 Å². The van der Waals surface area contributed by atoms with Crippen LogP contribution in [0.3, 0.4) is 0 Å². The number of nitro groups is 1. The molecule has 0 aliphatic heterocycles.